The molecule has 0 spiro atoms. The fourth-order valence-corrected chi connectivity index (χ4v) is 1.62. The zero-order valence-corrected chi connectivity index (χ0v) is 9.70. The van der Waals surface area contributed by atoms with Crippen molar-refractivity contribution in [2.24, 2.45) is 0 Å². The summed E-state index contributed by atoms with van der Waals surface area (Å²) in [4.78, 5) is 13.3. The Hall–Kier alpha value is -1.69. The zero-order valence-electron chi connectivity index (χ0n) is 9.70. The quantitative estimate of drug-likeness (QED) is 0.816. The van der Waals surface area contributed by atoms with Crippen LogP contribution in [0, 0.1) is 11.6 Å². The highest BCUT2D eigenvalue weighted by Gasteiger charge is 2.17. The minimum atomic E-state index is -0.994. The Morgan fingerprint density at radius 1 is 1.28 bits per heavy atom. The molecule has 2 rings (SSSR count). The maximum atomic E-state index is 12.9. The zero-order chi connectivity index (χ0) is 13.0. The van der Waals surface area contributed by atoms with E-state index in [2.05, 4.69) is 0 Å². The summed E-state index contributed by atoms with van der Waals surface area (Å²) in [5, 5.41) is 0. The van der Waals surface area contributed by atoms with Gasteiger partial charge >= 0.3 is 0 Å². The lowest BCUT2D eigenvalue weighted by Gasteiger charge is -2.26. The second kappa shape index (κ2) is 5.77. The molecule has 0 aliphatic carbocycles. The topological polar surface area (TPSA) is 38.8 Å². The lowest BCUT2D eigenvalue weighted by molar-refractivity contribution is -0.137. The average molecular weight is 257 g/mol. The fraction of sp³-hybridized carbons (Fsp3) is 0.417. The van der Waals surface area contributed by atoms with E-state index in [1.807, 2.05) is 0 Å². The average Bonchev–Trinajstić information content (AvgIpc) is 2.41. The third-order valence-electron chi connectivity index (χ3n) is 2.62. The van der Waals surface area contributed by atoms with Crippen molar-refractivity contribution in [1.29, 1.82) is 0 Å². The highest BCUT2D eigenvalue weighted by molar-refractivity contribution is 5.77. The normalized spacial score (nSPS) is 15.6. The summed E-state index contributed by atoms with van der Waals surface area (Å²) in [6.07, 6.45) is 0. The Labute approximate surface area is 103 Å². The van der Waals surface area contributed by atoms with Crippen LogP contribution >= 0.6 is 0 Å². The predicted octanol–water partition coefficient (Wildman–Crippen LogP) is 1.20. The Kier molecular flexibility index (Phi) is 4.09. The third-order valence-corrected chi connectivity index (χ3v) is 2.62. The third kappa shape index (κ3) is 3.16. The number of ether oxygens (including phenoxy) is 2. The number of amides is 1. The monoisotopic (exact) mass is 257 g/mol. The van der Waals surface area contributed by atoms with Gasteiger partial charge in [0.1, 0.15) is 5.75 Å². The first-order chi connectivity index (χ1) is 8.66. The molecule has 0 bridgehead atoms. The van der Waals surface area contributed by atoms with E-state index in [0.717, 1.165) is 12.1 Å². The summed E-state index contributed by atoms with van der Waals surface area (Å²) in [6.45, 7) is 1.89. The molecule has 1 heterocycles. The molecule has 0 N–H and O–H groups in total. The number of carbonyl (C=O) groups excluding carboxylic acids is 1. The van der Waals surface area contributed by atoms with Gasteiger partial charge in [0.2, 0.25) is 0 Å². The second-order valence-corrected chi connectivity index (χ2v) is 3.86. The molecule has 0 atom stereocenters. The molecule has 0 aromatic heterocycles. The largest absolute Gasteiger partial charge is 0.484 e. The standard InChI is InChI=1S/C12H13F2NO3/c13-10-2-1-9(7-11(10)14)18-8-12(16)15-3-5-17-6-4-15/h1-2,7H,3-6,8H2. The van der Waals surface area contributed by atoms with E-state index in [9.17, 15) is 13.6 Å². The van der Waals surface area contributed by atoms with E-state index in [-0.39, 0.29) is 18.3 Å². The molecule has 1 aromatic rings. The number of nitrogens with zero attached hydrogens (tertiary/aromatic N) is 1. The van der Waals surface area contributed by atoms with Crippen LogP contribution in [-0.4, -0.2) is 43.7 Å². The van der Waals surface area contributed by atoms with Crippen LogP contribution < -0.4 is 4.74 Å². The van der Waals surface area contributed by atoms with Gasteiger partial charge in [-0.05, 0) is 12.1 Å². The van der Waals surface area contributed by atoms with Crippen molar-refractivity contribution in [2.45, 2.75) is 0 Å². The van der Waals surface area contributed by atoms with Crippen molar-refractivity contribution in [1.82, 2.24) is 4.90 Å². The van der Waals surface area contributed by atoms with E-state index in [4.69, 9.17) is 9.47 Å². The Morgan fingerprint density at radius 2 is 2.00 bits per heavy atom. The number of rotatable bonds is 3. The molecule has 4 nitrogen and oxygen atoms in total. The number of morpholine rings is 1. The highest BCUT2D eigenvalue weighted by atomic mass is 19.2. The van der Waals surface area contributed by atoms with Crippen LogP contribution in [0.1, 0.15) is 0 Å². The van der Waals surface area contributed by atoms with Crippen molar-refractivity contribution in [3.05, 3.63) is 29.8 Å². The minimum absolute atomic E-state index is 0.135. The van der Waals surface area contributed by atoms with E-state index in [1.165, 1.54) is 6.07 Å². The van der Waals surface area contributed by atoms with Crippen LogP contribution in [0.2, 0.25) is 0 Å². The Balaban J connectivity index is 1.86. The van der Waals surface area contributed by atoms with E-state index >= 15 is 0 Å². The number of hydrogen-bond acceptors (Lipinski definition) is 3. The lowest BCUT2D eigenvalue weighted by atomic mass is 10.3. The number of benzene rings is 1. The maximum Gasteiger partial charge on any atom is 0.260 e. The second-order valence-electron chi connectivity index (χ2n) is 3.86. The molecule has 1 fully saturated rings. The van der Waals surface area contributed by atoms with Crippen molar-refractivity contribution in [2.75, 3.05) is 32.9 Å². The van der Waals surface area contributed by atoms with Crippen molar-refractivity contribution >= 4 is 5.91 Å². The first kappa shape index (κ1) is 12.8. The van der Waals surface area contributed by atoms with Crippen LogP contribution in [0.5, 0.6) is 5.75 Å². The van der Waals surface area contributed by atoms with Gasteiger partial charge in [-0.25, -0.2) is 8.78 Å². The molecule has 1 aromatic carbocycles. The summed E-state index contributed by atoms with van der Waals surface area (Å²) < 4.78 is 35.8. The molecule has 6 heteroatoms. The number of halogens is 2. The number of hydrogen-bond donors (Lipinski definition) is 0. The molecule has 0 unspecified atom stereocenters. The molecule has 1 saturated heterocycles. The van der Waals surface area contributed by atoms with Crippen LogP contribution in [0.4, 0.5) is 8.78 Å². The van der Waals surface area contributed by atoms with Gasteiger partial charge in [-0.3, -0.25) is 4.79 Å². The summed E-state index contributed by atoms with van der Waals surface area (Å²) in [5.41, 5.74) is 0. The van der Waals surface area contributed by atoms with Crippen LogP contribution in [0.25, 0.3) is 0 Å². The van der Waals surface area contributed by atoms with Gasteiger partial charge in [-0.15, -0.1) is 0 Å². The van der Waals surface area contributed by atoms with Crippen molar-refractivity contribution in [3.63, 3.8) is 0 Å². The molecule has 98 valence electrons. The first-order valence-corrected chi connectivity index (χ1v) is 5.60. The molecule has 0 saturated carbocycles. The first-order valence-electron chi connectivity index (χ1n) is 5.60. The van der Waals surface area contributed by atoms with Gasteiger partial charge in [-0.2, -0.15) is 0 Å². The molecule has 1 amide bonds. The van der Waals surface area contributed by atoms with Gasteiger partial charge in [0.05, 0.1) is 13.2 Å². The molecule has 1 aliphatic rings. The fourth-order valence-electron chi connectivity index (χ4n) is 1.62. The highest BCUT2D eigenvalue weighted by Crippen LogP contribution is 2.15. The molecule has 0 radical (unpaired) electrons. The van der Waals surface area contributed by atoms with Crippen LogP contribution in [0.3, 0.4) is 0 Å². The maximum absolute atomic E-state index is 12.9. The molecular formula is C12H13F2NO3. The van der Waals surface area contributed by atoms with Gasteiger partial charge in [0, 0.05) is 19.2 Å². The lowest BCUT2D eigenvalue weighted by Crippen LogP contribution is -2.42. The minimum Gasteiger partial charge on any atom is -0.484 e. The SMILES string of the molecule is O=C(COc1ccc(F)c(F)c1)N1CCOCC1. The molecule has 1 aliphatic heterocycles. The molecular weight excluding hydrogens is 244 g/mol. The van der Waals surface area contributed by atoms with Gasteiger partial charge in [0.25, 0.3) is 5.91 Å². The van der Waals surface area contributed by atoms with Gasteiger partial charge in [-0.1, -0.05) is 0 Å². The van der Waals surface area contributed by atoms with E-state index < -0.39 is 11.6 Å². The number of carbonyl (C=O) groups is 1. The van der Waals surface area contributed by atoms with Crippen molar-refractivity contribution < 1.29 is 23.0 Å². The van der Waals surface area contributed by atoms with E-state index in [1.54, 1.807) is 4.90 Å². The van der Waals surface area contributed by atoms with Crippen molar-refractivity contribution in [3.8, 4) is 5.75 Å². The predicted molar refractivity (Wildman–Crippen MR) is 59.3 cm³/mol. The Morgan fingerprint density at radius 3 is 2.67 bits per heavy atom. The molecule has 18 heavy (non-hydrogen) atoms. The Bertz CT molecular complexity index is 433. The van der Waals surface area contributed by atoms with Crippen LogP contribution in [-0.2, 0) is 9.53 Å². The van der Waals surface area contributed by atoms with Gasteiger partial charge < -0.3 is 14.4 Å². The van der Waals surface area contributed by atoms with Gasteiger partial charge in [0.15, 0.2) is 18.2 Å². The summed E-state index contributed by atoms with van der Waals surface area (Å²) in [5.74, 6) is -1.99. The van der Waals surface area contributed by atoms with E-state index in [0.29, 0.717) is 26.3 Å². The van der Waals surface area contributed by atoms with Crippen LogP contribution in [0.15, 0.2) is 18.2 Å². The summed E-state index contributed by atoms with van der Waals surface area (Å²) in [6, 6.07) is 3.16. The summed E-state index contributed by atoms with van der Waals surface area (Å²) in [7, 11) is 0. The summed E-state index contributed by atoms with van der Waals surface area (Å²) >= 11 is 0. The smallest absolute Gasteiger partial charge is 0.260 e.